The van der Waals surface area contributed by atoms with Crippen molar-refractivity contribution < 1.29 is 19.1 Å². The fourth-order valence-electron chi connectivity index (χ4n) is 2.81. The molecule has 2 amide bonds. The molecule has 152 valence electrons. The molecule has 0 radical (unpaired) electrons. The summed E-state index contributed by atoms with van der Waals surface area (Å²) in [6.45, 7) is 8.90. The summed E-state index contributed by atoms with van der Waals surface area (Å²) < 4.78 is 5.50. The van der Waals surface area contributed by atoms with Gasteiger partial charge in [-0.05, 0) is 38.8 Å². The number of hydrogen-bond donors (Lipinski definition) is 2. The number of primary amides is 1. The van der Waals surface area contributed by atoms with E-state index in [0.29, 0.717) is 5.69 Å². The van der Waals surface area contributed by atoms with E-state index in [1.807, 2.05) is 18.2 Å². The van der Waals surface area contributed by atoms with Crippen molar-refractivity contribution in [2.45, 2.75) is 58.7 Å². The smallest absolute Gasteiger partial charge is 0.331 e. The van der Waals surface area contributed by atoms with Crippen LogP contribution in [0.2, 0.25) is 0 Å². The molecule has 0 aliphatic carbocycles. The number of para-hydroxylation sites is 1. The van der Waals surface area contributed by atoms with Gasteiger partial charge in [-0.1, -0.05) is 32.0 Å². The first-order chi connectivity index (χ1) is 13.0. The third kappa shape index (κ3) is 5.31. The van der Waals surface area contributed by atoms with Crippen LogP contribution in [0.4, 0.5) is 5.69 Å². The minimum atomic E-state index is -0.819. The Morgan fingerprint density at radius 1 is 1.21 bits per heavy atom. The molecule has 28 heavy (non-hydrogen) atoms. The Morgan fingerprint density at radius 2 is 1.82 bits per heavy atom. The van der Waals surface area contributed by atoms with Gasteiger partial charge in [0.05, 0.1) is 5.69 Å². The highest BCUT2D eigenvalue weighted by atomic mass is 16.6. The molecule has 1 aliphatic rings. The van der Waals surface area contributed by atoms with E-state index in [1.54, 1.807) is 46.8 Å². The third-order valence-electron chi connectivity index (χ3n) is 4.13. The normalized spacial score (nSPS) is 17.9. The standard InChI is InChI=1S/C20H28N4O4/c1-12(2)16(17(21)25)22-18(26)14-11-15(19(27)28-20(3,4)5)24(23-14)13-9-7-6-8-10-13/h6-10,12,15-16H,11H2,1-5H3,(H2,21,25)(H,22,26)/t15-,16-/m0/s1. The molecule has 3 N–H and O–H groups in total. The quantitative estimate of drug-likeness (QED) is 0.718. The van der Waals surface area contributed by atoms with Crippen LogP contribution in [0, 0.1) is 5.92 Å². The largest absolute Gasteiger partial charge is 0.458 e. The molecule has 0 bridgehead atoms. The maximum Gasteiger partial charge on any atom is 0.331 e. The van der Waals surface area contributed by atoms with Gasteiger partial charge in [0.1, 0.15) is 17.4 Å². The summed E-state index contributed by atoms with van der Waals surface area (Å²) in [5, 5.41) is 8.45. The van der Waals surface area contributed by atoms with E-state index in [-0.39, 0.29) is 18.1 Å². The lowest BCUT2D eigenvalue weighted by Gasteiger charge is -2.26. The van der Waals surface area contributed by atoms with E-state index < -0.39 is 35.5 Å². The summed E-state index contributed by atoms with van der Waals surface area (Å²) in [4.78, 5) is 37.0. The molecule has 1 heterocycles. The summed E-state index contributed by atoms with van der Waals surface area (Å²) in [5.74, 6) is -1.79. The average Bonchev–Trinajstić information content (AvgIpc) is 3.04. The third-order valence-corrected chi connectivity index (χ3v) is 4.13. The van der Waals surface area contributed by atoms with E-state index in [1.165, 1.54) is 5.01 Å². The monoisotopic (exact) mass is 388 g/mol. The molecular formula is C20H28N4O4. The van der Waals surface area contributed by atoms with Gasteiger partial charge in [0.2, 0.25) is 5.91 Å². The van der Waals surface area contributed by atoms with Gasteiger partial charge in [-0.2, -0.15) is 5.10 Å². The van der Waals surface area contributed by atoms with Crippen LogP contribution in [0.25, 0.3) is 0 Å². The van der Waals surface area contributed by atoms with Crippen molar-refractivity contribution in [3.05, 3.63) is 30.3 Å². The van der Waals surface area contributed by atoms with Crippen LogP contribution >= 0.6 is 0 Å². The minimum absolute atomic E-state index is 0.0687. The maximum absolute atomic E-state index is 12.7. The van der Waals surface area contributed by atoms with Gasteiger partial charge in [0, 0.05) is 6.42 Å². The van der Waals surface area contributed by atoms with Crippen LogP contribution in [0.15, 0.2) is 35.4 Å². The van der Waals surface area contributed by atoms with Crippen molar-refractivity contribution in [3.8, 4) is 0 Å². The lowest BCUT2D eigenvalue weighted by Crippen LogP contribution is -2.49. The van der Waals surface area contributed by atoms with Gasteiger partial charge in [-0.25, -0.2) is 4.79 Å². The number of carbonyl (C=O) groups excluding carboxylic acids is 3. The van der Waals surface area contributed by atoms with Crippen LogP contribution < -0.4 is 16.1 Å². The summed E-state index contributed by atoms with van der Waals surface area (Å²) in [7, 11) is 0. The summed E-state index contributed by atoms with van der Waals surface area (Å²) in [6, 6.07) is 7.48. The zero-order valence-electron chi connectivity index (χ0n) is 16.9. The molecule has 0 saturated carbocycles. The van der Waals surface area contributed by atoms with Crippen molar-refractivity contribution in [3.63, 3.8) is 0 Å². The predicted molar refractivity (Wildman–Crippen MR) is 107 cm³/mol. The molecule has 0 saturated heterocycles. The average molecular weight is 388 g/mol. The van der Waals surface area contributed by atoms with Gasteiger partial charge < -0.3 is 15.8 Å². The van der Waals surface area contributed by atoms with E-state index in [4.69, 9.17) is 10.5 Å². The highest BCUT2D eigenvalue weighted by molar-refractivity contribution is 6.40. The fraction of sp³-hybridized carbons (Fsp3) is 0.500. The van der Waals surface area contributed by atoms with E-state index in [9.17, 15) is 14.4 Å². The number of esters is 1. The van der Waals surface area contributed by atoms with Gasteiger partial charge in [-0.3, -0.25) is 14.6 Å². The molecule has 0 unspecified atom stereocenters. The Bertz CT molecular complexity index is 768. The first kappa shape index (κ1) is 21.4. The second-order valence-corrected chi connectivity index (χ2v) is 8.08. The Balaban J connectivity index is 2.27. The molecule has 2 atom stereocenters. The fourth-order valence-corrected chi connectivity index (χ4v) is 2.81. The van der Waals surface area contributed by atoms with Gasteiger partial charge in [0.15, 0.2) is 6.04 Å². The zero-order valence-corrected chi connectivity index (χ0v) is 16.9. The first-order valence-electron chi connectivity index (χ1n) is 9.24. The van der Waals surface area contributed by atoms with Crippen LogP contribution in [0.5, 0.6) is 0 Å². The number of hydrogen-bond acceptors (Lipinski definition) is 6. The Labute approximate surface area is 165 Å². The highest BCUT2D eigenvalue weighted by Crippen LogP contribution is 2.26. The molecule has 0 fully saturated rings. The van der Waals surface area contributed by atoms with Gasteiger partial charge in [0.25, 0.3) is 5.91 Å². The van der Waals surface area contributed by atoms with E-state index in [0.717, 1.165) is 0 Å². The first-order valence-corrected chi connectivity index (χ1v) is 9.24. The lowest BCUT2D eigenvalue weighted by molar-refractivity contribution is -0.156. The Morgan fingerprint density at radius 3 is 2.32 bits per heavy atom. The van der Waals surface area contributed by atoms with Crippen molar-refractivity contribution in [2.75, 3.05) is 5.01 Å². The molecular weight excluding hydrogens is 360 g/mol. The molecule has 8 heteroatoms. The second kappa shape index (κ2) is 8.41. The maximum atomic E-state index is 12.7. The number of amides is 2. The van der Waals surface area contributed by atoms with Crippen molar-refractivity contribution in [2.24, 2.45) is 16.8 Å². The van der Waals surface area contributed by atoms with E-state index in [2.05, 4.69) is 10.4 Å². The van der Waals surface area contributed by atoms with Crippen LogP contribution in [0.3, 0.4) is 0 Å². The molecule has 1 aromatic carbocycles. The van der Waals surface area contributed by atoms with Crippen LogP contribution in [-0.2, 0) is 19.1 Å². The van der Waals surface area contributed by atoms with Crippen LogP contribution in [-0.4, -0.2) is 41.2 Å². The van der Waals surface area contributed by atoms with Crippen molar-refractivity contribution in [1.82, 2.24) is 5.32 Å². The predicted octanol–water partition coefficient (Wildman–Crippen LogP) is 1.59. The Kier molecular flexibility index (Phi) is 6.43. The number of carbonyl (C=O) groups is 3. The molecule has 1 aromatic rings. The number of nitrogens with two attached hydrogens (primary N) is 1. The topological polar surface area (TPSA) is 114 Å². The number of hydrazone groups is 1. The number of nitrogens with zero attached hydrogens (tertiary/aromatic N) is 2. The Hall–Kier alpha value is -2.90. The molecule has 1 aliphatic heterocycles. The number of anilines is 1. The van der Waals surface area contributed by atoms with Crippen molar-refractivity contribution in [1.29, 1.82) is 0 Å². The van der Waals surface area contributed by atoms with Gasteiger partial charge in [-0.15, -0.1) is 0 Å². The number of rotatable bonds is 6. The van der Waals surface area contributed by atoms with Gasteiger partial charge >= 0.3 is 5.97 Å². The summed E-state index contributed by atoms with van der Waals surface area (Å²) >= 11 is 0. The number of nitrogens with one attached hydrogen (secondary N) is 1. The molecule has 8 nitrogen and oxygen atoms in total. The molecule has 0 aromatic heterocycles. The molecule has 0 spiro atoms. The molecule has 2 rings (SSSR count). The number of benzene rings is 1. The summed E-state index contributed by atoms with van der Waals surface area (Å²) in [5.41, 5.74) is 5.51. The summed E-state index contributed by atoms with van der Waals surface area (Å²) in [6.07, 6.45) is 0.0687. The minimum Gasteiger partial charge on any atom is -0.458 e. The van der Waals surface area contributed by atoms with Crippen molar-refractivity contribution >= 4 is 29.2 Å². The highest BCUT2D eigenvalue weighted by Gasteiger charge is 2.39. The zero-order chi connectivity index (χ0) is 21.1. The SMILES string of the molecule is CC(C)[C@H](NC(=O)C1=NN(c2ccccc2)[C@H](C(=O)OC(C)(C)C)C1)C(N)=O. The number of ether oxygens (including phenoxy) is 1. The second-order valence-electron chi connectivity index (χ2n) is 8.08. The van der Waals surface area contributed by atoms with E-state index >= 15 is 0 Å². The van der Waals surface area contributed by atoms with Crippen LogP contribution in [0.1, 0.15) is 41.0 Å². The lowest BCUT2D eigenvalue weighted by atomic mass is 10.0.